The summed E-state index contributed by atoms with van der Waals surface area (Å²) >= 11 is 0. The minimum atomic E-state index is -0.147. The van der Waals surface area contributed by atoms with Crippen LogP contribution in [0.15, 0.2) is 48.5 Å². The molecular weight excluding hydrogens is 290 g/mol. The molecular formula is C18H19N3O2. The lowest BCUT2D eigenvalue weighted by Gasteiger charge is -2.07. The number of para-hydroxylation sites is 1. The zero-order valence-corrected chi connectivity index (χ0v) is 13.2. The van der Waals surface area contributed by atoms with Crippen LogP contribution in [0.25, 0.3) is 11.0 Å². The predicted octanol–water partition coefficient (Wildman–Crippen LogP) is 2.58. The Morgan fingerprint density at radius 3 is 2.78 bits per heavy atom. The first-order chi connectivity index (χ1) is 11.1. The summed E-state index contributed by atoms with van der Waals surface area (Å²) in [6, 6.07) is 15.3. The number of hydrogen-bond donors (Lipinski definition) is 1. The predicted molar refractivity (Wildman–Crippen MR) is 89.2 cm³/mol. The van der Waals surface area contributed by atoms with E-state index in [9.17, 15) is 4.79 Å². The second-order valence-electron chi connectivity index (χ2n) is 5.42. The van der Waals surface area contributed by atoms with Gasteiger partial charge >= 0.3 is 0 Å². The van der Waals surface area contributed by atoms with E-state index in [0.29, 0.717) is 12.3 Å². The molecule has 1 heterocycles. The molecule has 1 amide bonds. The summed E-state index contributed by atoms with van der Waals surface area (Å²) in [5.41, 5.74) is 3.05. The largest absolute Gasteiger partial charge is 0.484 e. The summed E-state index contributed by atoms with van der Waals surface area (Å²) in [5.74, 6) is 1.51. The number of benzene rings is 2. The maximum absolute atomic E-state index is 11.9. The number of hydrogen-bond acceptors (Lipinski definition) is 3. The molecule has 0 atom stereocenters. The van der Waals surface area contributed by atoms with Crippen molar-refractivity contribution in [1.82, 2.24) is 14.9 Å². The molecule has 0 bridgehead atoms. The fourth-order valence-electron chi connectivity index (χ4n) is 2.39. The highest BCUT2D eigenvalue weighted by atomic mass is 16.5. The molecule has 0 aliphatic carbocycles. The topological polar surface area (TPSA) is 56.1 Å². The minimum absolute atomic E-state index is 0.00888. The highest BCUT2D eigenvalue weighted by molar-refractivity contribution is 5.79. The number of rotatable bonds is 5. The number of aromatic nitrogens is 2. The van der Waals surface area contributed by atoms with Gasteiger partial charge in [-0.25, -0.2) is 4.98 Å². The quantitative estimate of drug-likeness (QED) is 0.788. The van der Waals surface area contributed by atoms with E-state index in [-0.39, 0.29) is 12.5 Å². The minimum Gasteiger partial charge on any atom is -0.484 e. The molecule has 2 aromatic carbocycles. The maximum atomic E-state index is 11.9. The number of carbonyl (C=O) groups excluding carboxylic acids is 1. The summed E-state index contributed by atoms with van der Waals surface area (Å²) in [5, 5.41) is 2.86. The van der Waals surface area contributed by atoms with Gasteiger partial charge in [-0.3, -0.25) is 4.79 Å². The number of amides is 1. The van der Waals surface area contributed by atoms with Gasteiger partial charge in [0, 0.05) is 13.6 Å². The van der Waals surface area contributed by atoms with Crippen LogP contribution >= 0.6 is 0 Å². The zero-order valence-electron chi connectivity index (χ0n) is 13.2. The molecule has 0 aliphatic rings. The third-order valence-electron chi connectivity index (χ3n) is 3.77. The lowest BCUT2D eigenvalue weighted by atomic mass is 10.2. The van der Waals surface area contributed by atoms with E-state index in [1.165, 1.54) is 0 Å². The molecule has 3 aromatic rings. The fourth-order valence-corrected chi connectivity index (χ4v) is 2.39. The van der Waals surface area contributed by atoms with Gasteiger partial charge in [-0.2, -0.15) is 0 Å². The fraction of sp³-hybridized carbons (Fsp3) is 0.222. The highest BCUT2D eigenvalue weighted by Crippen LogP contribution is 2.16. The van der Waals surface area contributed by atoms with Crippen molar-refractivity contribution >= 4 is 16.9 Å². The number of imidazole rings is 1. The molecule has 1 aromatic heterocycles. The molecule has 0 unspecified atom stereocenters. The number of ether oxygens (including phenoxy) is 1. The first kappa shape index (κ1) is 15.1. The molecule has 1 N–H and O–H groups in total. The van der Waals surface area contributed by atoms with Crippen LogP contribution in [-0.2, 0) is 18.4 Å². The van der Waals surface area contributed by atoms with Crippen molar-refractivity contribution in [3.8, 4) is 5.75 Å². The van der Waals surface area contributed by atoms with Crippen LogP contribution in [0.5, 0.6) is 5.75 Å². The Bertz CT molecular complexity index is 825. The van der Waals surface area contributed by atoms with Gasteiger partial charge in [0.05, 0.1) is 11.0 Å². The summed E-state index contributed by atoms with van der Waals surface area (Å²) in [6.07, 6.45) is 0. The first-order valence-corrected chi connectivity index (χ1v) is 7.50. The van der Waals surface area contributed by atoms with Gasteiger partial charge in [-0.05, 0) is 36.8 Å². The van der Waals surface area contributed by atoms with Gasteiger partial charge in [0.25, 0.3) is 5.91 Å². The number of aryl methyl sites for hydroxylation is 2. The van der Waals surface area contributed by atoms with Crippen molar-refractivity contribution in [1.29, 1.82) is 0 Å². The van der Waals surface area contributed by atoms with Crippen molar-refractivity contribution in [2.45, 2.75) is 13.5 Å². The van der Waals surface area contributed by atoms with Crippen LogP contribution in [0.3, 0.4) is 0 Å². The summed E-state index contributed by atoms with van der Waals surface area (Å²) in [4.78, 5) is 16.4. The third kappa shape index (κ3) is 3.51. The van der Waals surface area contributed by atoms with Crippen LogP contribution in [0.2, 0.25) is 0 Å². The van der Waals surface area contributed by atoms with Gasteiger partial charge in [0.2, 0.25) is 0 Å². The molecule has 23 heavy (non-hydrogen) atoms. The molecule has 5 nitrogen and oxygen atoms in total. The van der Waals surface area contributed by atoms with E-state index in [2.05, 4.69) is 10.3 Å². The van der Waals surface area contributed by atoms with Crippen molar-refractivity contribution in [2.24, 2.45) is 7.05 Å². The standard InChI is InChI=1S/C18H19N3O2/c1-13-20-16-10-14(8-9-17(16)21(13)2)11-19-18(22)12-23-15-6-4-3-5-7-15/h3-10H,11-12H2,1-2H3,(H,19,22). The Kier molecular flexibility index (Phi) is 4.28. The zero-order chi connectivity index (χ0) is 16.2. The van der Waals surface area contributed by atoms with E-state index in [4.69, 9.17) is 4.74 Å². The van der Waals surface area contributed by atoms with Gasteiger partial charge in [0.1, 0.15) is 11.6 Å². The Labute approximate surface area is 134 Å². The summed E-state index contributed by atoms with van der Waals surface area (Å²) < 4.78 is 7.46. The van der Waals surface area contributed by atoms with Crippen LogP contribution in [0, 0.1) is 6.92 Å². The molecule has 0 fully saturated rings. The number of nitrogens with one attached hydrogen (secondary N) is 1. The molecule has 0 radical (unpaired) electrons. The Balaban J connectivity index is 1.56. The van der Waals surface area contributed by atoms with Gasteiger partial charge in [-0.15, -0.1) is 0 Å². The second-order valence-corrected chi connectivity index (χ2v) is 5.42. The highest BCUT2D eigenvalue weighted by Gasteiger charge is 2.06. The normalized spacial score (nSPS) is 10.7. The molecule has 0 spiro atoms. The molecule has 3 rings (SSSR count). The molecule has 0 saturated heterocycles. The monoisotopic (exact) mass is 309 g/mol. The van der Waals surface area contributed by atoms with Crippen LogP contribution in [0.1, 0.15) is 11.4 Å². The van der Waals surface area contributed by atoms with Gasteiger partial charge < -0.3 is 14.6 Å². The van der Waals surface area contributed by atoms with Crippen molar-refractivity contribution in [3.05, 3.63) is 59.9 Å². The Morgan fingerprint density at radius 1 is 1.22 bits per heavy atom. The van der Waals surface area contributed by atoms with Crippen molar-refractivity contribution in [3.63, 3.8) is 0 Å². The lowest BCUT2D eigenvalue weighted by molar-refractivity contribution is -0.123. The third-order valence-corrected chi connectivity index (χ3v) is 3.77. The number of nitrogens with zero attached hydrogens (tertiary/aromatic N) is 2. The molecule has 5 heteroatoms. The van der Waals surface area contributed by atoms with E-state index < -0.39 is 0 Å². The SMILES string of the molecule is Cc1nc2cc(CNC(=O)COc3ccccc3)ccc2n1C. The van der Waals surface area contributed by atoms with Crippen LogP contribution < -0.4 is 10.1 Å². The van der Waals surface area contributed by atoms with E-state index in [1.54, 1.807) is 0 Å². The molecule has 0 aliphatic heterocycles. The number of carbonyl (C=O) groups is 1. The molecule has 118 valence electrons. The maximum Gasteiger partial charge on any atom is 0.258 e. The Morgan fingerprint density at radius 2 is 2.00 bits per heavy atom. The van der Waals surface area contributed by atoms with E-state index >= 15 is 0 Å². The second kappa shape index (κ2) is 6.52. The number of fused-ring (bicyclic) bond motifs is 1. The van der Waals surface area contributed by atoms with E-state index in [0.717, 1.165) is 22.4 Å². The Hall–Kier alpha value is -2.82. The van der Waals surface area contributed by atoms with Crippen LogP contribution in [-0.4, -0.2) is 22.1 Å². The summed E-state index contributed by atoms with van der Waals surface area (Å²) in [7, 11) is 1.99. The van der Waals surface area contributed by atoms with E-state index in [1.807, 2.05) is 67.1 Å². The average Bonchev–Trinajstić information content (AvgIpc) is 2.86. The lowest BCUT2D eigenvalue weighted by Crippen LogP contribution is -2.28. The summed E-state index contributed by atoms with van der Waals surface area (Å²) in [6.45, 7) is 2.44. The average molecular weight is 309 g/mol. The van der Waals surface area contributed by atoms with Gasteiger partial charge in [0.15, 0.2) is 6.61 Å². The van der Waals surface area contributed by atoms with Crippen LogP contribution in [0.4, 0.5) is 0 Å². The molecule has 0 saturated carbocycles. The first-order valence-electron chi connectivity index (χ1n) is 7.50. The smallest absolute Gasteiger partial charge is 0.258 e. The van der Waals surface area contributed by atoms with Gasteiger partial charge in [-0.1, -0.05) is 24.3 Å². The van der Waals surface area contributed by atoms with Crippen molar-refractivity contribution in [2.75, 3.05) is 6.61 Å². The van der Waals surface area contributed by atoms with Crippen molar-refractivity contribution < 1.29 is 9.53 Å².